The van der Waals surface area contributed by atoms with Crippen molar-refractivity contribution in [2.75, 3.05) is 16.3 Å². The average Bonchev–Trinajstić information content (AvgIpc) is 2.19. The molecule has 0 saturated carbocycles. The van der Waals surface area contributed by atoms with E-state index in [2.05, 4.69) is 10.0 Å². The van der Waals surface area contributed by atoms with Gasteiger partial charge in [0.25, 0.3) is 0 Å². The van der Waals surface area contributed by atoms with Gasteiger partial charge >= 0.3 is 0 Å². The van der Waals surface area contributed by atoms with E-state index in [-0.39, 0.29) is 5.91 Å². The number of nitrogens with one attached hydrogen (secondary N) is 2. The van der Waals surface area contributed by atoms with Crippen LogP contribution < -0.4 is 10.0 Å². The number of carbonyl (C=O) groups is 1. The predicted molar refractivity (Wildman–Crippen MR) is 68.4 cm³/mol. The first-order valence-electron chi connectivity index (χ1n) is 5.28. The van der Waals surface area contributed by atoms with Crippen LogP contribution in [0.15, 0.2) is 24.3 Å². The number of benzene rings is 1. The molecule has 17 heavy (non-hydrogen) atoms. The zero-order chi connectivity index (χ0) is 12.9. The van der Waals surface area contributed by atoms with E-state index in [1.165, 1.54) is 0 Å². The minimum absolute atomic E-state index is 0.0451. The van der Waals surface area contributed by atoms with Gasteiger partial charge in [-0.1, -0.05) is 6.92 Å². The van der Waals surface area contributed by atoms with Gasteiger partial charge in [0, 0.05) is 17.8 Å². The molecule has 0 aliphatic carbocycles. The van der Waals surface area contributed by atoms with E-state index in [0.717, 1.165) is 12.7 Å². The lowest BCUT2D eigenvalue weighted by Crippen LogP contribution is -2.11. The van der Waals surface area contributed by atoms with Crippen molar-refractivity contribution in [3.05, 3.63) is 24.3 Å². The Hall–Kier alpha value is -1.56. The van der Waals surface area contributed by atoms with Crippen LogP contribution >= 0.6 is 0 Å². The molecule has 0 saturated heterocycles. The molecule has 1 amide bonds. The summed E-state index contributed by atoms with van der Waals surface area (Å²) in [5.74, 6) is -0.0451. The third kappa shape index (κ3) is 5.35. The smallest absolute Gasteiger partial charge is 0.229 e. The molecule has 0 aromatic heterocycles. The van der Waals surface area contributed by atoms with Crippen LogP contribution in [0.3, 0.4) is 0 Å². The van der Waals surface area contributed by atoms with Crippen molar-refractivity contribution in [3.8, 4) is 0 Å². The van der Waals surface area contributed by atoms with Crippen LogP contribution in [0, 0.1) is 0 Å². The van der Waals surface area contributed by atoms with Crippen LogP contribution in [0.1, 0.15) is 19.8 Å². The van der Waals surface area contributed by atoms with Gasteiger partial charge in [0.15, 0.2) is 0 Å². The molecule has 1 aromatic carbocycles. The maximum absolute atomic E-state index is 11.3. The molecule has 0 heterocycles. The summed E-state index contributed by atoms with van der Waals surface area (Å²) in [6.07, 6.45) is 2.35. The van der Waals surface area contributed by atoms with Crippen molar-refractivity contribution < 1.29 is 13.2 Å². The van der Waals surface area contributed by atoms with Gasteiger partial charge in [0.1, 0.15) is 0 Å². The van der Waals surface area contributed by atoms with E-state index in [0.29, 0.717) is 17.8 Å². The molecule has 0 unspecified atom stereocenters. The first kappa shape index (κ1) is 13.5. The fourth-order valence-electron chi connectivity index (χ4n) is 1.29. The van der Waals surface area contributed by atoms with Gasteiger partial charge in [-0.15, -0.1) is 0 Å². The Morgan fingerprint density at radius 3 is 2.18 bits per heavy atom. The third-order valence-electron chi connectivity index (χ3n) is 1.95. The van der Waals surface area contributed by atoms with Crippen molar-refractivity contribution in [1.82, 2.24) is 0 Å². The molecule has 0 aliphatic rings. The molecule has 0 radical (unpaired) electrons. The van der Waals surface area contributed by atoms with Crippen LogP contribution in [0.5, 0.6) is 0 Å². The predicted octanol–water partition coefficient (Wildman–Crippen LogP) is 1.80. The lowest BCUT2D eigenvalue weighted by atomic mass is 10.2. The highest BCUT2D eigenvalue weighted by Crippen LogP contribution is 2.14. The Bertz CT molecular complexity index is 480. The van der Waals surface area contributed by atoms with E-state index in [9.17, 15) is 13.2 Å². The summed E-state index contributed by atoms with van der Waals surface area (Å²) in [5, 5.41) is 2.72. The first-order valence-corrected chi connectivity index (χ1v) is 7.17. The number of amides is 1. The van der Waals surface area contributed by atoms with E-state index < -0.39 is 10.0 Å². The summed E-state index contributed by atoms with van der Waals surface area (Å²) in [5.41, 5.74) is 1.13. The molecule has 0 aliphatic heterocycles. The van der Waals surface area contributed by atoms with Gasteiger partial charge in [0.2, 0.25) is 15.9 Å². The highest BCUT2D eigenvalue weighted by Gasteiger charge is 2.03. The summed E-state index contributed by atoms with van der Waals surface area (Å²) >= 11 is 0. The number of hydrogen-bond donors (Lipinski definition) is 2. The molecule has 1 rings (SSSR count). The van der Waals surface area contributed by atoms with Crippen molar-refractivity contribution in [1.29, 1.82) is 0 Å². The van der Waals surface area contributed by atoms with Gasteiger partial charge < -0.3 is 5.32 Å². The summed E-state index contributed by atoms with van der Waals surface area (Å²) in [6, 6.07) is 6.51. The SMILES string of the molecule is CCCC(=O)Nc1ccc(NS(C)(=O)=O)cc1. The van der Waals surface area contributed by atoms with Gasteiger partial charge in [-0.2, -0.15) is 0 Å². The van der Waals surface area contributed by atoms with Crippen molar-refractivity contribution >= 4 is 27.3 Å². The van der Waals surface area contributed by atoms with E-state index in [4.69, 9.17) is 0 Å². The largest absolute Gasteiger partial charge is 0.326 e. The van der Waals surface area contributed by atoms with Gasteiger partial charge in [-0.3, -0.25) is 9.52 Å². The molecule has 0 atom stereocenters. The van der Waals surface area contributed by atoms with Gasteiger partial charge in [0.05, 0.1) is 6.26 Å². The van der Waals surface area contributed by atoms with Gasteiger partial charge in [-0.05, 0) is 30.7 Å². The normalized spacial score (nSPS) is 10.9. The summed E-state index contributed by atoms with van der Waals surface area (Å²) in [4.78, 5) is 11.3. The molecule has 94 valence electrons. The third-order valence-corrected chi connectivity index (χ3v) is 2.56. The molecule has 0 bridgehead atoms. The second kappa shape index (κ2) is 5.67. The van der Waals surface area contributed by atoms with Crippen molar-refractivity contribution in [2.45, 2.75) is 19.8 Å². The summed E-state index contributed by atoms with van der Waals surface area (Å²) in [6.45, 7) is 1.93. The lowest BCUT2D eigenvalue weighted by Gasteiger charge is -2.06. The highest BCUT2D eigenvalue weighted by molar-refractivity contribution is 7.92. The molecular weight excluding hydrogens is 240 g/mol. The first-order chi connectivity index (χ1) is 7.90. The molecule has 0 spiro atoms. The van der Waals surface area contributed by atoms with Crippen molar-refractivity contribution in [2.24, 2.45) is 0 Å². The number of carbonyl (C=O) groups excluding carboxylic acids is 1. The lowest BCUT2D eigenvalue weighted by molar-refractivity contribution is -0.116. The Labute approximate surface area is 101 Å². The monoisotopic (exact) mass is 256 g/mol. The van der Waals surface area contributed by atoms with Gasteiger partial charge in [-0.25, -0.2) is 8.42 Å². The fraction of sp³-hybridized carbons (Fsp3) is 0.364. The Morgan fingerprint density at radius 1 is 1.18 bits per heavy atom. The zero-order valence-corrected chi connectivity index (χ0v) is 10.7. The Balaban J connectivity index is 2.65. The zero-order valence-electron chi connectivity index (χ0n) is 9.86. The fourth-order valence-corrected chi connectivity index (χ4v) is 1.85. The summed E-state index contributed by atoms with van der Waals surface area (Å²) in [7, 11) is -3.26. The molecule has 5 nitrogen and oxygen atoms in total. The second-order valence-electron chi connectivity index (χ2n) is 3.75. The number of hydrogen-bond acceptors (Lipinski definition) is 3. The molecule has 1 aromatic rings. The maximum atomic E-state index is 11.3. The van der Waals surface area contributed by atoms with Crippen LogP contribution in [-0.4, -0.2) is 20.6 Å². The molecule has 2 N–H and O–H groups in total. The highest BCUT2D eigenvalue weighted by atomic mass is 32.2. The molecular formula is C11H16N2O3S. The Kier molecular flexibility index (Phi) is 4.51. The number of sulfonamides is 1. The second-order valence-corrected chi connectivity index (χ2v) is 5.50. The van der Waals surface area contributed by atoms with Crippen LogP contribution in [0.4, 0.5) is 11.4 Å². The van der Waals surface area contributed by atoms with E-state index in [1.807, 2.05) is 6.92 Å². The Morgan fingerprint density at radius 2 is 1.71 bits per heavy atom. The van der Waals surface area contributed by atoms with Crippen LogP contribution in [0.25, 0.3) is 0 Å². The van der Waals surface area contributed by atoms with Crippen LogP contribution in [-0.2, 0) is 14.8 Å². The summed E-state index contributed by atoms with van der Waals surface area (Å²) < 4.78 is 24.3. The standard InChI is InChI=1S/C11H16N2O3S/c1-3-4-11(14)12-9-5-7-10(8-6-9)13-17(2,15)16/h5-8,13H,3-4H2,1-2H3,(H,12,14). The average molecular weight is 256 g/mol. The quantitative estimate of drug-likeness (QED) is 0.843. The molecule has 6 heteroatoms. The maximum Gasteiger partial charge on any atom is 0.229 e. The number of anilines is 2. The van der Waals surface area contributed by atoms with Crippen molar-refractivity contribution in [3.63, 3.8) is 0 Å². The number of rotatable bonds is 5. The van der Waals surface area contributed by atoms with Crippen LogP contribution in [0.2, 0.25) is 0 Å². The van der Waals surface area contributed by atoms with E-state index in [1.54, 1.807) is 24.3 Å². The van der Waals surface area contributed by atoms with E-state index >= 15 is 0 Å². The molecule has 0 fully saturated rings. The minimum Gasteiger partial charge on any atom is -0.326 e. The minimum atomic E-state index is -3.26. The topological polar surface area (TPSA) is 75.3 Å².